The Morgan fingerprint density at radius 2 is 1.60 bits per heavy atom. The predicted octanol–water partition coefficient (Wildman–Crippen LogP) is 1.23. The molecule has 0 bridgehead atoms. The van der Waals surface area contributed by atoms with E-state index < -0.39 is 7.49 Å². The molecule has 0 aliphatic heterocycles. The Kier molecular flexibility index (Phi) is 2.08. The Morgan fingerprint density at radius 1 is 1.10 bits per heavy atom. The molecule has 10 heavy (non-hydrogen) atoms. The monoisotopic (exact) mass is 156 g/mol. The summed E-state index contributed by atoms with van der Waals surface area (Å²) in [6.07, 6.45) is 0. The summed E-state index contributed by atoms with van der Waals surface area (Å²) in [5, 5.41) is 1.09. The summed E-state index contributed by atoms with van der Waals surface area (Å²) in [6.45, 7) is 3.84. The van der Waals surface area contributed by atoms with Gasteiger partial charge < -0.3 is 0 Å². The van der Waals surface area contributed by atoms with E-state index in [1.165, 1.54) is 0 Å². The van der Waals surface area contributed by atoms with Crippen molar-refractivity contribution >= 4 is 12.8 Å². The molecule has 0 spiro atoms. The van der Waals surface area contributed by atoms with Crippen molar-refractivity contribution in [3.63, 3.8) is 0 Å². The van der Waals surface area contributed by atoms with Gasteiger partial charge in [-0.1, -0.05) is 0 Å². The molecule has 1 aromatic rings. The van der Waals surface area contributed by atoms with Crippen LogP contribution in [-0.4, -0.2) is 18.2 Å². The van der Waals surface area contributed by atoms with E-state index in [1.807, 2.05) is 43.7 Å². The third kappa shape index (κ3) is 1.80. The summed E-state index contributed by atoms with van der Waals surface area (Å²) < 4.78 is 0. The van der Waals surface area contributed by atoms with Crippen molar-refractivity contribution in [1.29, 1.82) is 0 Å². The molecule has 1 rings (SSSR count). The summed E-state index contributed by atoms with van der Waals surface area (Å²) in [5.74, 6) is 0. The number of hydrogen-bond acceptors (Lipinski definition) is 1. The quantitative estimate of drug-likeness (QED) is 0.606. The molecule has 0 aromatic heterocycles. The fraction of sp³-hybridized carbons (Fsp3) is 0.250. The summed E-state index contributed by atoms with van der Waals surface area (Å²) in [5.41, 5.74) is 0. The van der Waals surface area contributed by atoms with E-state index in [4.69, 9.17) is 0 Å². The van der Waals surface area contributed by atoms with E-state index in [0.717, 1.165) is 5.30 Å². The number of hydrogen-bond donors (Lipinski definition) is 1. The second-order valence-corrected chi connectivity index (χ2v) is 6.62. The van der Waals surface area contributed by atoms with Gasteiger partial charge in [-0.15, -0.1) is 0 Å². The van der Waals surface area contributed by atoms with Crippen molar-refractivity contribution in [1.82, 2.24) is 0 Å². The van der Waals surface area contributed by atoms with Crippen molar-refractivity contribution < 1.29 is 4.89 Å². The molecule has 0 aliphatic carbocycles. The first kappa shape index (κ1) is 7.71. The van der Waals surface area contributed by atoms with Gasteiger partial charge in [0.2, 0.25) is 0 Å². The Bertz CT molecular complexity index is 200. The normalized spacial score (nSPS) is 13.1. The van der Waals surface area contributed by atoms with Crippen LogP contribution in [0.5, 0.6) is 0 Å². The van der Waals surface area contributed by atoms with Gasteiger partial charge in [-0.2, -0.15) is 0 Å². The molecular formula is C8H13OP. The van der Waals surface area contributed by atoms with Gasteiger partial charge in [-0.3, -0.25) is 0 Å². The molecule has 0 fully saturated rings. The second-order valence-electron chi connectivity index (χ2n) is 2.93. The van der Waals surface area contributed by atoms with Crippen LogP contribution in [0.15, 0.2) is 30.3 Å². The number of benzene rings is 1. The van der Waals surface area contributed by atoms with Crippen LogP contribution in [0.4, 0.5) is 0 Å². The average molecular weight is 156 g/mol. The predicted molar refractivity (Wildman–Crippen MR) is 48.5 cm³/mol. The molecule has 1 N–H and O–H groups in total. The standard InChI is InChI=1S/C8H13OP/c1-10(2,9)8-6-4-3-5-7-8/h3-7,9-10H,1-2H3. The fourth-order valence-electron chi connectivity index (χ4n) is 0.846. The summed E-state index contributed by atoms with van der Waals surface area (Å²) in [6, 6.07) is 9.84. The van der Waals surface area contributed by atoms with Crippen molar-refractivity contribution in [2.75, 3.05) is 13.3 Å². The first-order valence-electron chi connectivity index (χ1n) is 3.38. The zero-order valence-corrected chi connectivity index (χ0v) is 7.33. The molecule has 0 radical (unpaired) electrons. The maximum absolute atomic E-state index is 9.63. The van der Waals surface area contributed by atoms with Gasteiger partial charge in [-0.25, -0.2) is 0 Å². The maximum atomic E-state index is 9.63. The van der Waals surface area contributed by atoms with Crippen molar-refractivity contribution in [3.05, 3.63) is 30.3 Å². The first-order chi connectivity index (χ1) is 4.61. The van der Waals surface area contributed by atoms with Gasteiger partial charge >= 0.3 is 61.3 Å². The average Bonchev–Trinajstić information content (AvgIpc) is 1.88. The Labute approximate surface area is 62.1 Å². The zero-order valence-electron chi connectivity index (χ0n) is 6.33. The second kappa shape index (κ2) is 2.69. The molecule has 0 saturated heterocycles. The van der Waals surface area contributed by atoms with Crippen LogP contribution in [0.3, 0.4) is 0 Å². The van der Waals surface area contributed by atoms with Crippen LogP contribution in [0.25, 0.3) is 0 Å². The number of rotatable bonds is 1. The van der Waals surface area contributed by atoms with Gasteiger partial charge in [0.15, 0.2) is 0 Å². The van der Waals surface area contributed by atoms with E-state index in [2.05, 4.69) is 0 Å². The summed E-state index contributed by atoms with van der Waals surface area (Å²) >= 11 is 0. The molecular weight excluding hydrogens is 143 g/mol. The Balaban J connectivity index is 2.97. The molecule has 0 amide bonds. The van der Waals surface area contributed by atoms with Crippen LogP contribution in [0.2, 0.25) is 0 Å². The molecule has 0 atom stereocenters. The van der Waals surface area contributed by atoms with E-state index >= 15 is 0 Å². The molecule has 1 aromatic carbocycles. The fourth-order valence-corrected chi connectivity index (χ4v) is 1.85. The Hall–Kier alpha value is -0.390. The van der Waals surface area contributed by atoms with E-state index in [0.29, 0.717) is 0 Å². The minimum atomic E-state index is -2.03. The third-order valence-electron chi connectivity index (χ3n) is 1.48. The van der Waals surface area contributed by atoms with E-state index in [9.17, 15) is 4.89 Å². The Morgan fingerprint density at radius 3 is 1.90 bits per heavy atom. The van der Waals surface area contributed by atoms with Crippen molar-refractivity contribution in [2.24, 2.45) is 0 Å². The van der Waals surface area contributed by atoms with Gasteiger partial charge in [0.1, 0.15) is 0 Å². The third-order valence-corrected chi connectivity index (χ3v) is 3.23. The topological polar surface area (TPSA) is 20.2 Å². The SMILES string of the molecule is C[PH](C)(O)c1ccccc1. The molecule has 0 unspecified atom stereocenters. The van der Waals surface area contributed by atoms with Crippen LogP contribution in [-0.2, 0) is 0 Å². The molecule has 0 saturated carbocycles. The van der Waals surface area contributed by atoms with Crippen LogP contribution in [0.1, 0.15) is 0 Å². The first-order valence-corrected chi connectivity index (χ1v) is 6.33. The summed E-state index contributed by atoms with van der Waals surface area (Å²) in [7, 11) is -2.03. The van der Waals surface area contributed by atoms with Crippen molar-refractivity contribution in [3.8, 4) is 0 Å². The van der Waals surface area contributed by atoms with Gasteiger partial charge in [0, 0.05) is 0 Å². The van der Waals surface area contributed by atoms with Crippen LogP contribution in [0, 0.1) is 0 Å². The summed E-state index contributed by atoms with van der Waals surface area (Å²) in [4.78, 5) is 9.63. The molecule has 0 aliphatic rings. The van der Waals surface area contributed by atoms with Crippen LogP contribution >= 0.6 is 7.49 Å². The van der Waals surface area contributed by atoms with Gasteiger partial charge in [0.25, 0.3) is 0 Å². The molecule has 0 heterocycles. The zero-order chi connectivity index (χ0) is 7.61. The minimum absolute atomic E-state index is 1.09. The van der Waals surface area contributed by atoms with Gasteiger partial charge in [0.05, 0.1) is 0 Å². The molecule has 56 valence electrons. The molecule has 2 heteroatoms. The van der Waals surface area contributed by atoms with Crippen LogP contribution < -0.4 is 5.30 Å². The van der Waals surface area contributed by atoms with E-state index in [1.54, 1.807) is 0 Å². The van der Waals surface area contributed by atoms with Crippen molar-refractivity contribution in [2.45, 2.75) is 0 Å². The van der Waals surface area contributed by atoms with Gasteiger partial charge in [-0.05, 0) is 0 Å². The van der Waals surface area contributed by atoms with E-state index in [-0.39, 0.29) is 0 Å². The molecule has 1 nitrogen and oxygen atoms in total.